The monoisotopic (exact) mass is 449 g/mol. The Morgan fingerprint density at radius 3 is 1.85 bits per heavy atom. The van der Waals surface area contributed by atoms with Crippen LogP contribution in [0.4, 0.5) is 4.79 Å². The summed E-state index contributed by atoms with van der Waals surface area (Å²) in [6.45, 7) is 10.3. The van der Waals surface area contributed by atoms with Gasteiger partial charge in [0.1, 0.15) is 17.2 Å². The lowest BCUT2D eigenvalue weighted by Crippen LogP contribution is -2.53. The third-order valence-electron chi connectivity index (χ3n) is 4.89. The fourth-order valence-corrected chi connectivity index (χ4v) is 3.53. The van der Waals surface area contributed by atoms with Crippen molar-refractivity contribution in [2.75, 3.05) is 0 Å². The molecular formula is C27H31NO5. The summed E-state index contributed by atoms with van der Waals surface area (Å²) in [5.74, 6) is -1.25. The summed E-state index contributed by atoms with van der Waals surface area (Å²) in [5.41, 5.74) is 2.02. The Balaban J connectivity index is 1.92. The van der Waals surface area contributed by atoms with Crippen molar-refractivity contribution in [1.82, 2.24) is 4.90 Å². The lowest BCUT2D eigenvalue weighted by atomic mass is 9.92. The lowest BCUT2D eigenvalue weighted by molar-refractivity contribution is -0.163. The number of nitrogens with zero attached hydrogens (tertiary/aromatic N) is 1. The van der Waals surface area contributed by atoms with E-state index < -0.39 is 35.2 Å². The zero-order valence-corrected chi connectivity index (χ0v) is 20.0. The van der Waals surface area contributed by atoms with Crippen LogP contribution in [0.1, 0.15) is 53.5 Å². The van der Waals surface area contributed by atoms with Gasteiger partial charge in [-0.3, -0.25) is 4.79 Å². The Bertz CT molecular complexity index is 1060. The molecule has 0 bridgehead atoms. The molecule has 1 aliphatic rings. The third kappa shape index (κ3) is 6.31. The average molecular weight is 450 g/mol. The number of esters is 1. The van der Waals surface area contributed by atoms with Crippen LogP contribution in [-0.4, -0.2) is 40.1 Å². The van der Waals surface area contributed by atoms with E-state index in [-0.39, 0.29) is 6.42 Å². The molecule has 0 aromatic heterocycles. The molecule has 2 amide bonds. The highest BCUT2D eigenvalue weighted by atomic mass is 16.6. The van der Waals surface area contributed by atoms with Crippen LogP contribution in [0.3, 0.4) is 0 Å². The van der Waals surface area contributed by atoms with E-state index in [1.807, 2.05) is 54.6 Å². The molecule has 0 saturated heterocycles. The predicted octanol–water partition coefficient (Wildman–Crippen LogP) is 5.61. The second-order valence-electron chi connectivity index (χ2n) is 10.1. The minimum Gasteiger partial charge on any atom is -0.458 e. The van der Waals surface area contributed by atoms with Crippen molar-refractivity contribution < 1.29 is 23.9 Å². The van der Waals surface area contributed by atoms with Crippen LogP contribution in [0, 0.1) is 0 Å². The van der Waals surface area contributed by atoms with Crippen molar-refractivity contribution in [2.45, 2.75) is 65.2 Å². The third-order valence-corrected chi connectivity index (χ3v) is 4.89. The minimum absolute atomic E-state index is 0.143. The normalized spacial score (nSPS) is 16.8. The summed E-state index contributed by atoms with van der Waals surface area (Å²) in [5, 5.41) is 0. The summed E-state index contributed by atoms with van der Waals surface area (Å²) < 4.78 is 10.9. The van der Waals surface area contributed by atoms with Crippen molar-refractivity contribution in [2.24, 2.45) is 0 Å². The maximum absolute atomic E-state index is 13.0. The van der Waals surface area contributed by atoms with E-state index in [1.165, 1.54) is 6.08 Å². The van der Waals surface area contributed by atoms with E-state index in [9.17, 15) is 14.4 Å². The van der Waals surface area contributed by atoms with E-state index in [1.54, 1.807) is 41.5 Å². The highest BCUT2D eigenvalue weighted by molar-refractivity contribution is 6.08. The first-order valence-corrected chi connectivity index (χ1v) is 11.0. The van der Waals surface area contributed by atoms with Gasteiger partial charge in [-0.25, -0.2) is 14.5 Å². The minimum atomic E-state index is -1.11. The molecule has 3 rings (SSSR count). The van der Waals surface area contributed by atoms with E-state index in [2.05, 4.69) is 0 Å². The van der Waals surface area contributed by atoms with E-state index in [4.69, 9.17) is 9.47 Å². The SMILES string of the molecule is CC(C)(C)OC(=O)[C@H]1CC(c2ccc(-c3ccccc3)cc2)=CC(=O)N1C(=O)OC(C)(C)C. The lowest BCUT2D eigenvalue weighted by Gasteiger charge is -2.35. The standard InChI is InChI=1S/C27H31NO5/c1-26(2,3)32-24(30)22-16-21(17-23(29)28(22)25(31)33-27(4,5)6)20-14-12-19(13-15-20)18-10-8-7-9-11-18/h7-15,17,22H,16H2,1-6H3/t22-/m1/s1. The van der Waals surface area contributed by atoms with Gasteiger partial charge in [-0.05, 0) is 63.8 Å². The number of hydrogen-bond donors (Lipinski definition) is 0. The number of imide groups is 1. The summed E-state index contributed by atoms with van der Waals surface area (Å²) >= 11 is 0. The molecule has 0 saturated carbocycles. The van der Waals surface area contributed by atoms with Gasteiger partial charge in [-0.15, -0.1) is 0 Å². The molecule has 174 valence electrons. The number of carbonyl (C=O) groups is 3. The summed E-state index contributed by atoms with van der Waals surface area (Å²) in [7, 11) is 0. The number of ether oxygens (including phenoxy) is 2. The van der Waals surface area contributed by atoms with Crippen LogP contribution in [0.25, 0.3) is 16.7 Å². The molecular weight excluding hydrogens is 418 g/mol. The van der Waals surface area contributed by atoms with Crippen molar-refractivity contribution >= 4 is 23.5 Å². The molecule has 2 aromatic rings. The fourth-order valence-electron chi connectivity index (χ4n) is 3.53. The number of hydrogen-bond acceptors (Lipinski definition) is 5. The topological polar surface area (TPSA) is 72.9 Å². The number of amides is 2. The largest absolute Gasteiger partial charge is 0.458 e. The Kier molecular flexibility index (Phi) is 6.77. The van der Waals surface area contributed by atoms with Gasteiger partial charge in [0, 0.05) is 12.5 Å². The maximum atomic E-state index is 13.0. The second kappa shape index (κ2) is 9.22. The van der Waals surface area contributed by atoms with E-state index in [0.717, 1.165) is 21.6 Å². The van der Waals surface area contributed by atoms with Crippen molar-refractivity contribution in [3.63, 3.8) is 0 Å². The Morgan fingerprint density at radius 2 is 1.30 bits per heavy atom. The number of rotatable bonds is 3. The summed E-state index contributed by atoms with van der Waals surface area (Å²) in [6.07, 6.45) is 0.672. The fraction of sp³-hybridized carbons (Fsp3) is 0.370. The molecule has 1 heterocycles. The van der Waals surface area contributed by atoms with Crippen LogP contribution in [0.2, 0.25) is 0 Å². The first kappa shape index (κ1) is 24.2. The van der Waals surface area contributed by atoms with E-state index in [0.29, 0.717) is 5.57 Å². The molecule has 0 unspecified atom stereocenters. The zero-order valence-electron chi connectivity index (χ0n) is 20.0. The number of carbonyl (C=O) groups excluding carboxylic acids is 3. The predicted molar refractivity (Wildman–Crippen MR) is 127 cm³/mol. The van der Waals surface area contributed by atoms with Gasteiger partial charge in [0.15, 0.2) is 0 Å². The molecule has 0 aliphatic carbocycles. The quantitative estimate of drug-likeness (QED) is 0.569. The Morgan fingerprint density at radius 1 is 0.788 bits per heavy atom. The molecule has 0 N–H and O–H groups in total. The van der Waals surface area contributed by atoms with Gasteiger partial charge in [0.2, 0.25) is 0 Å². The van der Waals surface area contributed by atoms with Crippen LogP contribution < -0.4 is 0 Å². The molecule has 6 heteroatoms. The molecule has 33 heavy (non-hydrogen) atoms. The van der Waals surface area contributed by atoms with Crippen LogP contribution >= 0.6 is 0 Å². The smallest absolute Gasteiger partial charge is 0.418 e. The highest BCUT2D eigenvalue weighted by Crippen LogP contribution is 2.31. The molecule has 1 atom stereocenters. The maximum Gasteiger partial charge on any atom is 0.418 e. The Labute approximate surface area is 195 Å². The average Bonchev–Trinajstić information content (AvgIpc) is 2.71. The van der Waals surface area contributed by atoms with Gasteiger partial charge in [0.05, 0.1) is 0 Å². The number of benzene rings is 2. The molecule has 0 radical (unpaired) electrons. The zero-order chi connectivity index (χ0) is 24.4. The molecule has 6 nitrogen and oxygen atoms in total. The molecule has 2 aromatic carbocycles. The molecule has 0 fully saturated rings. The first-order chi connectivity index (χ1) is 15.3. The van der Waals surface area contributed by atoms with Crippen LogP contribution in [-0.2, 0) is 19.1 Å². The van der Waals surface area contributed by atoms with Crippen molar-refractivity contribution in [3.05, 3.63) is 66.2 Å². The van der Waals surface area contributed by atoms with Gasteiger partial charge >= 0.3 is 12.1 Å². The van der Waals surface area contributed by atoms with Gasteiger partial charge < -0.3 is 9.47 Å². The Hall–Kier alpha value is -3.41. The van der Waals surface area contributed by atoms with Crippen LogP contribution in [0.15, 0.2) is 60.7 Å². The van der Waals surface area contributed by atoms with Crippen molar-refractivity contribution in [3.8, 4) is 11.1 Å². The summed E-state index contributed by atoms with van der Waals surface area (Å²) in [6, 6.07) is 16.6. The van der Waals surface area contributed by atoms with Gasteiger partial charge in [-0.1, -0.05) is 54.6 Å². The van der Waals surface area contributed by atoms with Crippen molar-refractivity contribution in [1.29, 1.82) is 0 Å². The van der Waals surface area contributed by atoms with E-state index >= 15 is 0 Å². The van der Waals surface area contributed by atoms with Gasteiger partial charge in [-0.2, -0.15) is 0 Å². The first-order valence-electron chi connectivity index (χ1n) is 11.0. The second-order valence-corrected chi connectivity index (χ2v) is 10.1. The van der Waals surface area contributed by atoms with Gasteiger partial charge in [0.25, 0.3) is 5.91 Å². The molecule has 1 aliphatic heterocycles. The van der Waals surface area contributed by atoms with Crippen LogP contribution in [0.5, 0.6) is 0 Å². The summed E-state index contributed by atoms with van der Waals surface area (Å²) in [4.78, 5) is 39.7. The molecule has 0 spiro atoms. The highest BCUT2D eigenvalue weighted by Gasteiger charge is 2.42.